The molecule has 6 heteroatoms. The molecular weight excluding hydrogens is 360 g/mol. The highest BCUT2D eigenvalue weighted by molar-refractivity contribution is 6.33. The molecule has 0 bridgehead atoms. The van der Waals surface area contributed by atoms with Crippen molar-refractivity contribution in [3.05, 3.63) is 52.3 Å². The lowest BCUT2D eigenvalue weighted by Gasteiger charge is -2.29. The lowest BCUT2D eigenvalue weighted by Crippen LogP contribution is -2.38. The first kappa shape index (κ1) is 19.9. The predicted octanol–water partition coefficient (Wildman–Crippen LogP) is 3.75. The van der Waals surface area contributed by atoms with Crippen molar-refractivity contribution >= 4 is 17.5 Å². The first-order chi connectivity index (χ1) is 13.0. The summed E-state index contributed by atoms with van der Waals surface area (Å²) in [5.41, 5.74) is 2.25. The molecule has 0 saturated carbocycles. The fourth-order valence-corrected chi connectivity index (χ4v) is 4.00. The van der Waals surface area contributed by atoms with Crippen LogP contribution in [0.15, 0.2) is 30.3 Å². The average Bonchev–Trinajstić information content (AvgIpc) is 2.95. The Morgan fingerprint density at radius 3 is 2.63 bits per heavy atom. The number of likely N-dealkylation sites (tertiary alicyclic amines) is 1. The molecule has 5 nitrogen and oxygen atoms in total. The predicted molar refractivity (Wildman–Crippen MR) is 109 cm³/mol. The Balaban J connectivity index is 1.57. The number of hydrogen-bond acceptors (Lipinski definition) is 3. The zero-order valence-electron chi connectivity index (χ0n) is 16.2. The number of carbonyl (C=O) groups excluding carboxylic acids is 1. The van der Waals surface area contributed by atoms with Crippen LogP contribution in [0.1, 0.15) is 47.8 Å². The van der Waals surface area contributed by atoms with Crippen molar-refractivity contribution in [2.24, 2.45) is 5.92 Å². The van der Waals surface area contributed by atoms with Crippen LogP contribution >= 0.6 is 11.6 Å². The minimum atomic E-state index is -0.137. The van der Waals surface area contributed by atoms with E-state index in [0.717, 1.165) is 12.1 Å². The molecule has 0 aliphatic carbocycles. The van der Waals surface area contributed by atoms with Crippen molar-refractivity contribution < 1.29 is 4.79 Å². The van der Waals surface area contributed by atoms with E-state index in [-0.39, 0.29) is 5.91 Å². The van der Waals surface area contributed by atoms with E-state index >= 15 is 0 Å². The highest BCUT2D eigenvalue weighted by atomic mass is 35.5. The van der Waals surface area contributed by atoms with Gasteiger partial charge in [0.05, 0.1) is 17.8 Å². The molecule has 3 rings (SSSR count). The number of amides is 1. The van der Waals surface area contributed by atoms with Gasteiger partial charge in [0.25, 0.3) is 5.91 Å². The van der Waals surface area contributed by atoms with Crippen LogP contribution < -0.4 is 5.32 Å². The van der Waals surface area contributed by atoms with Gasteiger partial charge in [-0.1, -0.05) is 55.3 Å². The molecule has 1 aliphatic rings. The van der Waals surface area contributed by atoms with Crippen LogP contribution in [0.2, 0.25) is 5.15 Å². The van der Waals surface area contributed by atoms with Gasteiger partial charge >= 0.3 is 0 Å². The fraction of sp³-hybridized carbons (Fsp3) is 0.524. The molecule has 1 aromatic heterocycles. The van der Waals surface area contributed by atoms with Crippen molar-refractivity contribution in [3.8, 4) is 0 Å². The molecule has 1 saturated heterocycles. The molecule has 1 N–H and O–H groups in total. The summed E-state index contributed by atoms with van der Waals surface area (Å²) in [5.74, 6) is 0.271. The molecule has 146 valence electrons. The minimum absolute atomic E-state index is 0.137. The summed E-state index contributed by atoms with van der Waals surface area (Å²) in [6.07, 6.45) is 3.91. The van der Waals surface area contributed by atoms with Crippen LogP contribution in [0.5, 0.6) is 0 Å². The Kier molecular flexibility index (Phi) is 6.91. The largest absolute Gasteiger partial charge is 0.352 e. The van der Waals surface area contributed by atoms with Gasteiger partial charge < -0.3 is 10.2 Å². The summed E-state index contributed by atoms with van der Waals surface area (Å²) in [4.78, 5) is 15.2. The average molecular weight is 389 g/mol. The molecule has 1 unspecified atom stereocenters. The van der Waals surface area contributed by atoms with E-state index in [1.807, 2.05) is 37.3 Å². The molecule has 1 amide bonds. The van der Waals surface area contributed by atoms with Crippen LogP contribution in [0.4, 0.5) is 0 Å². The normalized spacial score (nSPS) is 16.3. The van der Waals surface area contributed by atoms with Crippen molar-refractivity contribution in [2.45, 2.75) is 39.7 Å². The molecule has 27 heavy (non-hydrogen) atoms. The second-order valence-corrected chi connectivity index (χ2v) is 7.93. The first-order valence-electron chi connectivity index (χ1n) is 9.82. The summed E-state index contributed by atoms with van der Waals surface area (Å²) < 4.78 is 1.69. The lowest BCUT2D eigenvalue weighted by molar-refractivity contribution is 0.0942. The number of halogens is 1. The number of nitrogens with zero attached hydrogens (tertiary/aromatic N) is 3. The van der Waals surface area contributed by atoms with Crippen molar-refractivity contribution in [1.29, 1.82) is 0 Å². The third-order valence-corrected chi connectivity index (χ3v) is 5.48. The van der Waals surface area contributed by atoms with E-state index in [4.69, 9.17) is 11.6 Å². The van der Waals surface area contributed by atoms with Gasteiger partial charge in [-0.3, -0.25) is 4.79 Å². The SMILES string of the molecule is Cc1nn(Cc2ccccc2)c(Cl)c1C(=O)NCC(C)CN1CCCCC1. The van der Waals surface area contributed by atoms with Gasteiger partial charge in [-0.25, -0.2) is 4.68 Å². The summed E-state index contributed by atoms with van der Waals surface area (Å²) in [6.45, 7) is 8.60. The monoisotopic (exact) mass is 388 g/mol. The van der Waals surface area contributed by atoms with Crippen LogP contribution in [0, 0.1) is 12.8 Å². The summed E-state index contributed by atoms with van der Waals surface area (Å²) in [6, 6.07) is 9.99. The van der Waals surface area contributed by atoms with Crippen molar-refractivity contribution in [2.75, 3.05) is 26.2 Å². The van der Waals surface area contributed by atoms with E-state index in [1.165, 1.54) is 32.4 Å². The number of aromatic nitrogens is 2. The quantitative estimate of drug-likeness (QED) is 0.785. The molecule has 1 aliphatic heterocycles. The maximum atomic E-state index is 12.7. The lowest BCUT2D eigenvalue weighted by atomic mass is 10.1. The van der Waals surface area contributed by atoms with E-state index in [1.54, 1.807) is 4.68 Å². The number of hydrogen-bond donors (Lipinski definition) is 1. The molecular formula is C21H29ClN4O. The van der Waals surface area contributed by atoms with Gasteiger partial charge in [0, 0.05) is 13.1 Å². The zero-order chi connectivity index (χ0) is 19.2. The number of benzene rings is 1. The number of aryl methyl sites for hydroxylation is 1. The van der Waals surface area contributed by atoms with Crippen LogP contribution in [-0.2, 0) is 6.54 Å². The fourth-order valence-electron chi connectivity index (χ4n) is 3.68. The van der Waals surface area contributed by atoms with E-state index < -0.39 is 0 Å². The minimum Gasteiger partial charge on any atom is -0.352 e. The van der Waals surface area contributed by atoms with Gasteiger partial charge in [0.15, 0.2) is 0 Å². The number of carbonyl (C=O) groups is 1. The molecule has 1 atom stereocenters. The van der Waals surface area contributed by atoms with Gasteiger partial charge in [-0.05, 0) is 44.3 Å². The third-order valence-electron chi connectivity index (χ3n) is 5.10. The number of piperidine rings is 1. The number of nitrogens with one attached hydrogen (secondary N) is 1. The standard InChI is InChI=1S/C21H29ClN4O/c1-16(14-25-11-7-4-8-12-25)13-23-21(27)19-17(2)24-26(20(19)22)15-18-9-5-3-6-10-18/h3,5-6,9-10,16H,4,7-8,11-15H2,1-2H3,(H,23,27). The molecule has 2 aromatic rings. The molecule has 1 aromatic carbocycles. The Morgan fingerprint density at radius 1 is 1.22 bits per heavy atom. The van der Waals surface area contributed by atoms with E-state index in [9.17, 15) is 4.79 Å². The van der Waals surface area contributed by atoms with Gasteiger partial charge in [0.1, 0.15) is 5.15 Å². The van der Waals surface area contributed by atoms with Gasteiger partial charge in [-0.2, -0.15) is 5.10 Å². The maximum Gasteiger partial charge on any atom is 0.256 e. The topological polar surface area (TPSA) is 50.2 Å². The Bertz CT molecular complexity index is 753. The summed E-state index contributed by atoms with van der Waals surface area (Å²) >= 11 is 6.48. The highest BCUT2D eigenvalue weighted by Crippen LogP contribution is 2.21. The van der Waals surface area contributed by atoms with Gasteiger partial charge in [-0.15, -0.1) is 0 Å². The molecule has 1 fully saturated rings. The summed E-state index contributed by atoms with van der Waals surface area (Å²) in [7, 11) is 0. The van der Waals surface area contributed by atoms with Crippen molar-refractivity contribution in [3.63, 3.8) is 0 Å². The zero-order valence-corrected chi connectivity index (χ0v) is 17.0. The Labute approximate surface area is 166 Å². The van der Waals surface area contributed by atoms with E-state index in [2.05, 4.69) is 22.2 Å². The van der Waals surface area contributed by atoms with E-state index in [0.29, 0.717) is 35.4 Å². The molecule has 0 radical (unpaired) electrons. The maximum absolute atomic E-state index is 12.7. The highest BCUT2D eigenvalue weighted by Gasteiger charge is 2.21. The van der Waals surface area contributed by atoms with Crippen LogP contribution in [0.3, 0.4) is 0 Å². The van der Waals surface area contributed by atoms with Crippen LogP contribution in [0.25, 0.3) is 0 Å². The first-order valence-corrected chi connectivity index (χ1v) is 10.2. The summed E-state index contributed by atoms with van der Waals surface area (Å²) in [5, 5.41) is 7.91. The molecule has 0 spiro atoms. The van der Waals surface area contributed by atoms with Crippen molar-refractivity contribution in [1.82, 2.24) is 20.0 Å². The Morgan fingerprint density at radius 2 is 1.93 bits per heavy atom. The van der Waals surface area contributed by atoms with Crippen LogP contribution in [-0.4, -0.2) is 46.8 Å². The molecule has 2 heterocycles. The van der Waals surface area contributed by atoms with Gasteiger partial charge in [0.2, 0.25) is 0 Å². The second-order valence-electron chi connectivity index (χ2n) is 7.57. The Hall–Kier alpha value is -1.85. The number of rotatable bonds is 7. The smallest absolute Gasteiger partial charge is 0.256 e. The third kappa shape index (κ3) is 5.33. The second kappa shape index (κ2) is 9.38.